The highest BCUT2D eigenvalue weighted by molar-refractivity contribution is 5.85. The first-order valence-electron chi connectivity index (χ1n) is 11.1. The second-order valence-electron chi connectivity index (χ2n) is 8.08. The lowest BCUT2D eigenvalue weighted by Gasteiger charge is -2.39. The van der Waals surface area contributed by atoms with E-state index in [0.717, 1.165) is 31.8 Å². The van der Waals surface area contributed by atoms with Crippen LogP contribution in [0.2, 0.25) is 0 Å². The number of rotatable bonds is 18. The SMILES string of the molecule is C=C(CCC(F)(F)C(F)(F)C(F)(F)C(F)(F)C(F)(F)C(F)F)C(=O)O.C=CC(=O)OCCCCCCCC(F)F. The Balaban J connectivity index is 0. The Bertz CT molecular complexity index is 828. The number of carbonyl (C=O) groups excluding carboxylic acids is 1. The number of halogens is 14. The predicted octanol–water partition coefficient (Wildman–Crippen LogP) is 8.17. The van der Waals surface area contributed by atoms with Crippen molar-refractivity contribution in [2.24, 2.45) is 0 Å². The monoisotopic (exact) mass is 620 g/mol. The van der Waals surface area contributed by atoms with E-state index in [0.29, 0.717) is 13.0 Å². The van der Waals surface area contributed by atoms with Crippen molar-refractivity contribution in [3.8, 4) is 0 Å². The third-order valence-corrected chi connectivity index (χ3v) is 4.96. The molecular weight excluding hydrogens is 594 g/mol. The van der Waals surface area contributed by atoms with Crippen LogP contribution in [0.5, 0.6) is 0 Å². The number of alkyl halides is 14. The molecule has 0 aromatic rings. The van der Waals surface area contributed by atoms with E-state index in [9.17, 15) is 71.1 Å². The van der Waals surface area contributed by atoms with Crippen LogP contribution >= 0.6 is 0 Å². The zero-order valence-corrected chi connectivity index (χ0v) is 20.5. The van der Waals surface area contributed by atoms with Gasteiger partial charge in [0.05, 0.1) is 6.61 Å². The summed E-state index contributed by atoms with van der Waals surface area (Å²) in [5.41, 5.74) is -1.21. The van der Waals surface area contributed by atoms with E-state index in [2.05, 4.69) is 13.2 Å². The zero-order chi connectivity index (χ0) is 32.2. The van der Waals surface area contributed by atoms with E-state index in [1.54, 1.807) is 0 Å². The largest absolute Gasteiger partial charge is 0.478 e. The zero-order valence-electron chi connectivity index (χ0n) is 20.5. The van der Waals surface area contributed by atoms with Gasteiger partial charge >= 0.3 is 48.0 Å². The quantitative estimate of drug-likeness (QED) is 0.0727. The van der Waals surface area contributed by atoms with Crippen LogP contribution in [0.3, 0.4) is 0 Å². The number of carbonyl (C=O) groups is 2. The topological polar surface area (TPSA) is 63.6 Å². The van der Waals surface area contributed by atoms with Crippen molar-refractivity contribution in [1.82, 2.24) is 0 Å². The normalized spacial score (nSPS) is 13.1. The second-order valence-corrected chi connectivity index (χ2v) is 8.08. The molecule has 0 saturated carbocycles. The Morgan fingerprint density at radius 2 is 1.25 bits per heavy atom. The minimum Gasteiger partial charge on any atom is -0.478 e. The highest BCUT2D eigenvalue weighted by Gasteiger charge is 2.87. The Labute approximate surface area is 219 Å². The summed E-state index contributed by atoms with van der Waals surface area (Å²) in [6.45, 7) is 6.24. The summed E-state index contributed by atoms with van der Waals surface area (Å²) >= 11 is 0. The first-order chi connectivity index (χ1) is 17.9. The smallest absolute Gasteiger partial charge is 0.384 e. The van der Waals surface area contributed by atoms with Gasteiger partial charge in [-0.2, -0.15) is 43.9 Å². The van der Waals surface area contributed by atoms with Gasteiger partial charge in [-0.25, -0.2) is 27.2 Å². The number of ether oxygens (including phenoxy) is 1. The molecular formula is C22H26F14O4. The molecule has 40 heavy (non-hydrogen) atoms. The molecule has 0 radical (unpaired) electrons. The Kier molecular flexibility index (Phi) is 15.9. The van der Waals surface area contributed by atoms with Gasteiger partial charge in [-0.3, -0.25) is 0 Å². The number of carboxylic acids is 1. The fourth-order valence-corrected chi connectivity index (χ4v) is 2.51. The summed E-state index contributed by atoms with van der Waals surface area (Å²) in [5, 5.41) is 8.26. The maximum absolute atomic E-state index is 13.2. The standard InChI is InChI=1S/C11H8F12O2.C11H18F2O2/c1-4(5(24)25)2-3-7(14,15)9(18,19)11(22,23)10(20,21)8(16,17)6(12)13;1-2-11(14)15-9-7-5-3-4-6-8-10(12)13/h6H,1-3H2,(H,24,25);2,10H,1,3-9H2. The lowest BCUT2D eigenvalue weighted by molar-refractivity contribution is -0.413. The van der Waals surface area contributed by atoms with E-state index in [1.807, 2.05) is 0 Å². The number of esters is 1. The van der Waals surface area contributed by atoms with Gasteiger partial charge in [0.1, 0.15) is 0 Å². The molecule has 18 heteroatoms. The van der Waals surface area contributed by atoms with Crippen LogP contribution in [-0.2, 0) is 14.3 Å². The lowest BCUT2D eigenvalue weighted by atomic mass is 9.91. The van der Waals surface area contributed by atoms with Crippen LogP contribution in [0.25, 0.3) is 0 Å². The van der Waals surface area contributed by atoms with Crippen LogP contribution in [0.15, 0.2) is 24.8 Å². The number of carboxylic acid groups (broad SMARTS) is 1. The van der Waals surface area contributed by atoms with Crippen molar-refractivity contribution >= 4 is 11.9 Å². The molecule has 0 amide bonds. The number of hydrogen-bond donors (Lipinski definition) is 1. The molecule has 0 heterocycles. The molecule has 0 spiro atoms. The lowest BCUT2D eigenvalue weighted by Crippen LogP contribution is -2.68. The molecule has 236 valence electrons. The molecule has 4 nitrogen and oxygen atoms in total. The highest BCUT2D eigenvalue weighted by atomic mass is 19.4. The summed E-state index contributed by atoms with van der Waals surface area (Å²) < 4.78 is 182. The molecule has 0 unspecified atom stereocenters. The summed E-state index contributed by atoms with van der Waals surface area (Å²) in [6, 6.07) is 0. The molecule has 0 rings (SSSR count). The second kappa shape index (κ2) is 16.0. The highest BCUT2D eigenvalue weighted by Crippen LogP contribution is 2.58. The van der Waals surface area contributed by atoms with E-state index in [4.69, 9.17) is 9.84 Å². The van der Waals surface area contributed by atoms with Crippen LogP contribution in [0.4, 0.5) is 61.5 Å². The van der Waals surface area contributed by atoms with Crippen LogP contribution < -0.4 is 0 Å². The van der Waals surface area contributed by atoms with Gasteiger partial charge < -0.3 is 9.84 Å². The number of unbranched alkanes of at least 4 members (excludes halogenated alkanes) is 4. The van der Waals surface area contributed by atoms with Gasteiger partial charge in [-0.05, 0) is 19.3 Å². The third kappa shape index (κ3) is 10.8. The molecule has 0 aromatic carbocycles. The van der Waals surface area contributed by atoms with Crippen LogP contribution in [-0.4, -0.2) is 66.1 Å². The van der Waals surface area contributed by atoms with Gasteiger partial charge in [0.15, 0.2) is 0 Å². The van der Waals surface area contributed by atoms with Crippen LogP contribution in [0, 0.1) is 0 Å². The van der Waals surface area contributed by atoms with Gasteiger partial charge in [0.2, 0.25) is 6.43 Å². The molecule has 1 N–H and O–H groups in total. The number of aliphatic carboxylic acids is 1. The average Bonchev–Trinajstić information content (AvgIpc) is 2.83. The molecule has 0 saturated heterocycles. The van der Waals surface area contributed by atoms with Gasteiger partial charge in [0.25, 0.3) is 0 Å². The van der Waals surface area contributed by atoms with Gasteiger partial charge in [-0.1, -0.05) is 32.4 Å². The van der Waals surface area contributed by atoms with Crippen molar-refractivity contribution in [2.75, 3.05) is 6.61 Å². The molecule has 0 bridgehead atoms. The molecule has 0 atom stereocenters. The van der Waals surface area contributed by atoms with Crippen molar-refractivity contribution < 1.29 is 80.9 Å². The maximum Gasteiger partial charge on any atom is 0.384 e. The first-order valence-corrected chi connectivity index (χ1v) is 11.1. The number of hydrogen-bond acceptors (Lipinski definition) is 3. The van der Waals surface area contributed by atoms with E-state index in [1.165, 1.54) is 0 Å². The molecule has 0 fully saturated rings. The van der Waals surface area contributed by atoms with Crippen molar-refractivity contribution in [3.05, 3.63) is 24.8 Å². The molecule has 0 aliphatic heterocycles. The van der Waals surface area contributed by atoms with E-state index >= 15 is 0 Å². The Morgan fingerprint density at radius 3 is 1.68 bits per heavy atom. The van der Waals surface area contributed by atoms with Crippen molar-refractivity contribution in [2.45, 2.75) is 93.8 Å². The summed E-state index contributed by atoms with van der Waals surface area (Å²) in [6.07, 6.45) is -6.73. The third-order valence-electron chi connectivity index (χ3n) is 4.96. The summed E-state index contributed by atoms with van der Waals surface area (Å²) in [4.78, 5) is 20.8. The fraction of sp³-hybridized carbons (Fsp3) is 0.727. The molecule has 0 aliphatic rings. The minimum absolute atomic E-state index is 0.00848. The summed E-state index contributed by atoms with van der Waals surface area (Å²) in [7, 11) is 0. The first kappa shape index (κ1) is 39.6. The van der Waals surface area contributed by atoms with Gasteiger partial charge in [0, 0.05) is 24.5 Å². The fourth-order valence-electron chi connectivity index (χ4n) is 2.51. The maximum atomic E-state index is 13.2. The summed E-state index contributed by atoms with van der Waals surface area (Å²) in [5.74, 6) is -38.0. The predicted molar refractivity (Wildman–Crippen MR) is 112 cm³/mol. The van der Waals surface area contributed by atoms with E-state index in [-0.39, 0.29) is 6.42 Å². The molecule has 0 aromatic heterocycles. The van der Waals surface area contributed by atoms with Crippen molar-refractivity contribution in [1.29, 1.82) is 0 Å². The van der Waals surface area contributed by atoms with Gasteiger partial charge in [-0.15, -0.1) is 0 Å². The minimum atomic E-state index is -7.60. The van der Waals surface area contributed by atoms with E-state index < -0.39 is 72.8 Å². The molecule has 0 aliphatic carbocycles. The van der Waals surface area contributed by atoms with Crippen LogP contribution in [0.1, 0.15) is 51.4 Å². The Hall–Kier alpha value is -2.56. The van der Waals surface area contributed by atoms with Crippen molar-refractivity contribution in [3.63, 3.8) is 0 Å². The Morgan fingerprint density at radius 1 is 0.775 bits per heavy atom. The average molecular weight is 620 g/mol.